The van der Waals surface area contributed by atoms with E-state index in [2.05, 4.69) is 0 Å². The Morgan fingerprint density at radius 1 is 1.06 bits per heavy atom. The van der Waals surface area contributed by atoms with Gasteiger partial charge in [-0.15, -0.1) is 0 Å². The lowest BCUT2D eigenvalue weighted by Gasteiger charge is -2.09. The molecule has 0 aromatic heterocycles. The molecule has 4 heteroatoms. The number of carbonyl (C=O) groups excluding carboxylic acids is 2. The van der Waals surface area contributed by atoms with Crippen molar-refractivity contribution in [2.24, 2.45) is 5.92 Å². The SMILES string of the molecule is CCOC(=O)CCC[C@@H](C)CC(=O)OCC. The van der Waals surface area contributed by atoms with Gasteiger partial charge in [-0.25, -0.2) is 0 Å². The van der Waals surface area contributed by atoms with Gasteiger partial charge in [0.15, 0.2) is 0 Å². The Bertz CT molecular complexity index is 213. The van der Waals surface area contributed by atoms with E-state index in [4.69, 9.17) is 9.47 Å². The zero-order valence-electron chi connectivity index (χ0n) is 10.5. The Morgan fingerprint density at radius 2 is 1.62 bits per heavy atom. The Balaban J connectivity index is 3.53. The Labute approximate surface area is 97.3 Å². The first-order valence-corrected chi connectivity index (χ1v) is 5.91. The predicted molar refractivity (Wildman–Crippen MR) is 60.9 cm³/mol. The molecule has 4 nitrogen and oxygen atoms in total. The zero-order chi connectivity index (χ0) is 12.4. The summed E-state index contributed by atoms with van der Waals surface area (Å²) in [6.45, 7) is 6.43. The maximum atomic E-state index is 11.1. The molecule has 0 aliphatic rings. The largest absolute Gasteiger partial charge is 0.466 e. The molecule has 0 radical (unpaired) electrons. The minimum absolute atomic E-state index is 0.161. The highest BCUT2D eigenvalue weighted by molar-refractivity contribution is 5.70. The molecule has 0 fully saturated rings. The third kappa shape index (κ3) is 8.26. The van der Waals surface area contributed by atoms with Crippen molar-refractivity contribution in [3.8, 4) is 0 Å². The van der Waals surface area contributed by atoms with E-state index in [1.807, 2.05) is 6.92 Å². The molecular formula is C12H22O4. The molecule has 0 saturated carbocycles. The molecule has 0 bridgehead atoms. The molecule has 16 heavy (non-hydrogen) atoms. The van der Waals surface area contributed by atoms with Gasteiger partial charge in [0, 0.05) is 12.8 Å². The summed E-state index contributed by atoms with van der Waals surface area (Å²) in [5.74, 6) is -0.0644. The van der Waals surface area contributed by atoms with Crippen LogP contribution in [0.2, 0.25) is 0 Å². The van der Waals surface area contributed by atoms with Crippen LogP contribution >= 0.6 is 0 Å². The second-order valence-corrected chi connectivity index (χ2v) is 3.81. The van der Waals surface area contributed by atoms with Gasteiger partial charge in [0.1, 0.15) is 0 Å². The fraction of sp³-hybridized carbons (Fsp3) is 0.833. The van der Waals surface area contributed by atoms with Crippen molar-refractivity contribution >= 4 is 11.9 Å². The van der Waals surface area contributed by atoms with Crippen molar-refractivity contribution in [1.82, 2.24) is 0 Å². The molecule has 1 atom stereocenters. The average Bonchev–Trinajstić information content (AvgIpc) is 2.18. The Kier molecular flexibility index (Phi) is 8.58. The van der Waals surface area contributed by atoms with E-state index in [-0.39, 0.29) is 17.9 Å². The van der Waals surface area contributed by atoms with E-state index >= 15 is 0 Å². The van der Waals surface area contributed by atoms with Crippen LogP contribution in [0.3, 0.4) is 0 Å². The lowest BCUT2D eigenvalue weighted by atomic mass is 10.0. The number of carbonyl (C=O) groups is 2. The molecule has 0 N–H and O–H groups in total. The van der Waals surface area contributed by atoms with Gasteiger partial charge >= 0.3 is 11.9 Å². The maximum absolute atomic E-state index is 11.1. The molecule has 0 aliphatic heterocycles. The normalized spacial score (nSPS) is 11.9. The predicted octanol–water partition coefficient (Wildman–Crippen LogP) is 2.31. The third-order valence-electron chi connectivity index (χ3n) is 2.20. The molecule has 0 unspecified atom stereocenters. The van der Waals surface area contributed by atoms with Crippen molar-refractivity contribution < 1.29 is 19.1 Å². The number of rotatable bonds is 8. The second kappa shape index (κ2) is 9.19. The van der Waals surface area contributed by atoms with E-state index < -0.39 is 0 Å². The minimum atomic E-state index is -0.161. The maximum Gasteiger partial charge on any atom is 0.306 e. The Morgan fingerprint density at radius 3 is 2.19 bits per heavy atom. The van der Waals surface area contributed by atoms with Crippen molar-refractivity contribution in [1.29, 1.82) is 0 Å². The topological polar surface area (TPSA) is 52.6 Å². The molecule has 0 rings (SSSR count). The van der Waals surface area contributed by atoms with E-state index in [1.165, 1.54) is 0 Å². The molecule has 0 saturated heterocycles. The molecule has 94 valence electrons. The molecule has 0 amide bonds. The van der Waals surface area contributed by atoms with Crippen LogP contribution in [0.25, 0.3) is 0 Å². The number of hydrogen-bond donors (Lipinski definition) is 0. The van der Waals surface area contributed by atoms with Gasteiger partial charge in [-0.1, -0.05) is 6.92 Å². The summed E-state index contributed by atoms with van der Waals surface area (Å²) >= 11 is 0. The Hall–Kier alpha value is -1.06. The van der Waals surface area contributed by atoms with Crippen LogP contribution in [0.15, 0.2) is 0 Å². The first kappa shape index (κ1) is 14.9. The third-order valence-corrected chi connectivity index (χ3v) is 2.20. The van der Waals surface area contributed by atoms with Crippen LogP contribution in [-0.2, 0) is 19.1 Å². The van der Waals surface area contributed by atoms with Gasteiger partial charge in [0.05, 0.1) is 13.2 Å². The van der Waals surface area contributed by atoms with Crippen LogP contribution in [0, 0.1) is 5.92 Å². The van der Waals surface area contributed by atoms with Gasteiger partial charge in [0.25, 0.3) is 0 Å². The zero-order valence-corrected chi connectivity index (χ0v) is 10.5. The molecule has 0 spiro atoms. The molecular weight excluding hydrogens is 208 g/mol. The quantitative estimate of drug-likeness (QED) is 0.600. The summed E-state index contributed by atoms with van der Waals surface area (Å²) in [6, 6.07) is 0. The van der Waals surface area contributed by atoms with Gasteiger partial charge in [-0.05, 0) is 32.6 Å². The van der Waals surface area contributed by atoms with Crippen molar-refractivity contribution in [2.75, 3.05) is 13.2 Å². The molecule has 0 aromatic rings. The van der Waals surface area contributed by atoms with E-state index in [9.17, 15) is 9.59 Å². The highest BCUT2D eigenvalue weighted by atomic mass is 16.5. The summed E-state index contributed by atoms with van der Waals surface area (Å²) in [5, 5.41) is 0. The van der Waals surface area contributed by atoms with Gasteiger partial charge in [-0.3, -0.25) is 9.59 Å². The highest BCUT2D eigenvalue weighted by Crippen LogP contribution is 2.13. The van der Waals surface area contributed by atoms with Crippen LogP contribution in [0.5, 0.6) is 0 Å². The van der Waals surface area contributed by atoms with E-state index in [0.717, 1.165) is 12.8 Å². The minimum Gasteiger partial charge on any atom is -0.466 e. The summed E-state index contributed by atoms with van der Waals surface area (Å²) in [7, 11) is 0. The summed E-state index contributed by atoms with van der Waals surface area (Å²) in [6.07, 6.45) is 2.47. The number of esters is 2. The smallest absolute Gasteiger partial charge is 0.306 e. The van der Waals surface area contributed by atoms with E-state index in [0.29, 0.717) is 26.1 Å². The first-order chi connectivity index (χ1) is 7.60. The fourth-order valence-corrected chi connectivity index (χ4v) is 1.43. The van der Waals surface area contributed by atoms with Crippen LogP contribution in [0.4, 0.5) is 0 Å². The molecule has 0 heterocycles. The standard InChI is InChI=1S/C12H22O4/c1-4-15-11(13)8-6-7-10(3)9-12(14)16-5-2/h10H,4-9H2,1-3H3/t10-/m1/s1. The lowest BCUT2D eigenvalue weighted by Crippen LogP contribution is -2.10. The van der Waals surface area contributed by atoms with E-state index in [1.54, 1.807) is 13.8 Å². The highest BCUT2D eigenvalue weighted by Gasteiger charge is 2.10. The first-order valence-electron chi connectivity index (χ1n) is 5.91. The summed E-state index contributed by atoms with van der Waals surface area (Å²) in [5.41, 5.74) is 0. The van der Waals surface area contributed by atoms with Gasteiger partial charge in [0.2, 0.25) is 0 Å². The second-order valence-electron chi connectivity index (χ2n) is 3.81. The monoisotopic (exact) mass is 230 g/mol. The summed E-state index contributed by atoms with van der Waals surface area (Å²) in [4.78, 5) is 22.2. The summed E-state index contributed by atoms with van der Waals surface area (Å²) < 4.78 is 9.66. The molecule has 0 aliphatic carbocycles. The van der Waals surface area contributed by atoms with Crippen LogP contribution < -0.4 is 0 Å². The molecule has 0 aromatic carbocycles. The average molecular weight is 230 g/mol. The fourth-order valence-electron chi connectivity index (χ4n) is 1.43. The van der Waals surface area contributed by atoms with Gasteiger partial charge in [-0.2, -0.15) is 0 Å². The van der Waals surface area contributed by atoms with Crippen LogP contribution in [0.1, 0.15) is 46.5 Å². The van der Waals surface area contributed by atoms with Crippen molar-refractivity contribution in [3.05, 3.63) is 0 Å². The number of hydrogen-bond acceptors (Lipinski definition) is 4. The van der Waals surface area contributed by atoms with Gasteiger partial charge < -0.3 is 9.47 Å². The van der Waals surface area contributed by atoms with Crippen molar-refractivity contribution in [3.63, 3.8) is 0 Å². The van der Waals surface area contributed by atoms with Crippen LogP contribution in [-0.4, -0.2) is 25.2 Å². The lowest BCUT2D eigenvalue weighted by molar-refractivity contribution is -0.144. The van der Waals surface area contributed by atoms with Crippen molar-refractivity contribution in [2.45, 2.75) is 46.5 Å². The number of ether oxygens (including phenoxy) is 2.